The molecule has 5 nitrogen and oxygen atoms in total. The topological polar surface area (TPSA) is 66.5 Å². The number of hydrogen-bond donors (Lipinski definition) is 1. The van der Waals surface area contributed by atoms with Crippen LogP contribution in [0.25, 0.3) is 0 Å². The fraction of sp³-hybridized carbons (Fsp3) is 0.611. The summed E-state index contributed by atoms with van der Waals surface area (Å²) in [4.78, 5) is 38.2. The number of carbonyl (C=O) groups is 3. The molecule has 126 valence electrons. The largest absolute Gasteiger partial charge is 0.335 e. The maximum atomic E-state index is 12.8. The Morgan fingerprint density at radius 3 is 2.61 bits per heavy atom. The molecule has 1 heterocycles. The molecule has 2 unspecified atom stereocenters. The molecular weight excluding hydrogens is 292 g/mol. The average molecular weight is 318 g/mol. The first-order valence-electron chi connectivity index (χ1n) is 8.40. The van der Waals surface area contributed by atoms with Crippen molar-refractivity contribution in [2.75, 3.05) is 6.54 Å². The molecule has 1 aliphatic heterocycles. The second kappa shape index (κ2) is 7.11. The highest BCUT2D eigenvalue weighted by molar-refractivity contribution is 6.07. The fourth-order valence-electron chi connectivity index (χ4n) is 3.34. The van der Waals surface area contributed by atoms with Crippen LogP contribution < -0.4 is 5.32 Å². The molecule has 0 aromatic rings. The number of imide groups is 1. The highest BCUT2D eigenvalue weighted by atomic mass is 16.2. The first kappa shape index (κ1) is 17.4. The molecule has 23 heavy (non-hydrogen) atoms. The number of nitrogens with zero attached hydrogens (tertiary/aromatic N) is 1. The van der Waals surface area contributed by atoms with E-state index in [-0.39, 0.29) is 35.6 Å². The summed E-state index contributed by atoms with van der Waals surface area (Å²) in [6, 6.07) is -0.183. The molecule has 1 saturated heterocycles. The third-order valence-electron chi connectivity index (χ3n) is 5.06. The lowest BCUT2D eigenvalue weighted by Gasteiger charge is -2.44. The molecule has 3 atom stereocenters. The molecule has 0 radical (unpaired) electrons. The Morgan fingerprint density at radius 1 is 1.35 bits per heavy atom. The maximum absolute atomic E-state index is 12.8. The summed E-state index contributed by atoms with van der Waals surface area (Å²) in [5, 5.41) is 2.38. The summed E-state index contributed by atoms with van der Waals surface area (Å²) in [5.74, 6) is -1.19. The second-order valence-corrected chi connectivity index (χ2v) is 6.44. The molecule has 0 aromatic carbocycles. The molecule has 2 aliphatic rings. The van der Waals surface area contributed by atoms with E-state index in [0.717, 1.165) is 24.8 Å². The van der Waals surface area contributed by atoms with Crippen LogP contribution in [0.5, 0.6) is 0 Å². The van der Waals surface area contributed by atoms with Gasteiger partial charge >= 0.3 is 0 Å². The second-order valence-electron chi connectivity index (χ2n) is 6.44. The Hall–Kier alpha value is -1.91. The lowest BCUT2D eigenvalue weighted by Crippen LogP contribution is -2.56. The van der Waals surface area contributed by atoms with Gasteiger partial charge in [-0.25, -0.2) is 0 Å². The van der Waals surface area contributed by atoms with Crippen molar-refractivity contribution in [1.29, 1.82) is 0 Å². The van der Waals surface area contributed by atoms with Gasteiger partial charge < -0.3 is 4.90 Å². The third kappa shape index (κ3) is 3.23. The van der Waals surface area contributed by atoms with Crippen LogP contribution in [-0.4, -0.2) is 35.2 Å². The van der Waals surface area contributed by atoms with Crippen molar-refractivity contribution in [3.63, 3.8) is 0 Å². The van der Waals surface area contributed by atoms with Crippen molar-refractivity contribution >= 4 is 17.7 Å². The summed E-state index contributed by atoms with van der Waals surface area (Å²) in [5.41, 5.74) is 1.32. The third-order valence-corrected chi connectivity index (χ3v) is 5.06. The Morgan fingerprint density at radius 2 is 2.04 bits per heavy atom. The number of fused-ring (bicyclic) bond motifs is 1. The number of hydrogen-bond acceptors (Lipinski definition) is 3. The van der Waals surface area contributed by atoms with Crippen molar-refractivity contribution in [3.05, 3.63) is 23.8 Å². The van der Waals surface area contributed by atoms with E-state index in [1.165, 1.54) is 0 Å². The van der Waals surface area contributed by atoms with Gasteiger partial charge in [-0.05, 0) is 32.3 Å². The van der Waals surface area contributed by atoms with Crippen LogP contribution in [0, 0.1) is 11.8 Å². The maximum Gasteiger partial charge on any atom is 0.253 e. The SMILES string of the molecule is C=C(C(=O)N(CCCCC)C1CC2C(=O)NC(=O)[C@@H]21)C(C)=CC. The Balaban J connectivity index is 2.15. The van der Waals surface area contributed by atoms with E-state index in [4.69, 9.17) is 0 Å². The molecule has 0 aromatic heterocycles. The lowest BCUT2D eigenvalue weighted by atomic mass is 9.69. The zero-order valence-electron chi connectivity index (χ0n) is 14.2. The van der Waals surface area contributed by atoms with Gasteiger partial charge in [-0.15, -0.1) is 0 Å². The van der Waals surface area contributed by atoms with E-state index in [0.29, 0.717) is 18.5 Å². The first-order valence-corrected chi connectivity index (χ1v) is 8.40. The highest BCUT2D eigenvalue weighted by Gasteiger charge is 2.57. The summed E-state index contributed by atoms with van der Waals surface area (Å²) in [7, 11) is 0. The van der Waals surface area contributed by atoms with Gasteiger partial charge in [0, 0.05) is 18.2 Å². The van der Waals surface area contributed by atoms with E-state index in [2.05, 4.69) is 18.8 Å². The van der Waals surface area contributed by atoms with E-state index in [1.54, 1.807) is 4.90 Å². The van der Waals surface area contributed by atoms with Gasteiger partial charge in [-0.1, -0.05) is 32.4 Å². The molecular formula is C18H26N2O3. The van der Waals surface area contributed by atoms with Gasteiger partial charge in [-0.2, -0.15) is 0 Å². The molecule has 3 amide bonds. The number of carbonyl (C=O) groups excluding carboxylic acids is 3. The number of amides is 3. The van der Waals surface area contributed by atoms with Crippen LogP contribution in [0.2, 0.25) is 0 Å². The highest BCUT2D eigenvalue weighted by Crippen LogP contribution is 2.42. The van der Waals surface area contributed by atoms with Crippen LogP contribution in [0.3, 0.4) is 0 Å². The van der Waals surface area contributed by atoms with Crippen molar-refractivity contribution < 1.29 is 14.4 Å². The number of unbranched alkanes of at least 4 members (excludes halogenated alkanes) is 2. The quantitative estimate of drug-likeness (QED) is 0.339. The Kier molecular flexibility index (Phi) is 5.39. The summed E-state index contributed by atoms with van der Waals surface area (Å²) in [6.45, 7) is 10.4. The predicted molar refractivity (Wildman–Crippen MR) is 88.3 cm³/mol. The number of rotatable bonds is 7. The normalized spacial score (nSPS) is 26.4. The van der Waals surface area contributed by atoms with Crippen molar-refractivity contribution in [2.24, 2.45) is 11.8 Å². The molecule has 2 rings (SSSR count). The Labute approximate surface area is 137 Å². The summed E-state index contributed by atoms with van der Waals surface area (Å²) < 4.78 is 0. The van der Waals surface area contributed by atoms with E-state index < -0.39 is 0 Å². The van der Waals surface area contributed by atoms with Gasteiger partial charge in [0.15, 0.2) is 0 Å². The van der Waals surface area contributed by atoms with E-state index >= 15 is 0 Å². The molecule has 1 saturated carbocycles. The molecule has 1 N–H and O–H groups in total. The molecule has 0 spiro atoms. The molecule has 1 aliphatic carbocycles. The minimum atomic E-state index is -0.383. The average Bonchev–Trinajstić information content (AvgIpc) is 2.71. The van der Waals surface area contributed by atoms with Crippen LogP contribution in [-0.2, 0) is 14.4 Å². The van der Waals surface area contributed by atoms with E-state index in [1.807, 2.05) is 19.9 Å². The van der Waals surface area contributed by atoms with Crippen molar-refractivity contribution in [2.45, 2.75) is 52.5 Å². The zero-order chi connectivity index (χ0) is 17.1. The lowest BCUT2D eigenvalue weighted by molar-refractivity contribution is -0.141. The van der Waals surface area contributed by atoms with Crippen molar-refractivity contribution in [1.82, 2.24) is 10.2 Å². The minimum Gasteiger partial charge on any atom is -0.335 e. The summed E-state index contributed by atoms with van der Waals surface area (Å²) >= 11 is 0. The van der Waals surface area contributed by atoms with E-state index in [9.17, 15) is 14.4 Å². The van der Waals surface area contributed by atoms with Crippen molar-refractivity contribution in [3.8, 4) is 0 Å². The predicted octanol–water partition coefficient (Wildman–Crippen LogP) is 2.19. The zero-order valence-corrected chi connectivity index (χ0v) is 14.2. The monoisotopic (exact) mass is 318 g/mol. The smallest absolute Gasteiger partial charge is 0.253 e. The molecule has 5 heteroatoms. The van der Waals surface area contributed by atoms with Gasteiger partial charge in [0.2, 0.25) is 11.8 Å². The number of allylic oxidation sites excluding steroid dienone is 1. The Bertz CT molecular complexity index is 565. The fourth-order valence-corrected chi connectivity index (χ4v) is 3.34. The van der Waals surface area contributed by atoms with Crippen LogP contribution in [0.15, 0.2) is 23.8 Å². The number of nitrogens with one attached hydrogen (secondary N) is 1. The molecule has 0 bridgehead atoms. The summed E-state index contributed by atoms with van der Waals surface area (Å²) in [6.07, 6.45) is 5.42. The van der Waals surface area contributed by atoms with Gasteiger partial charge in [0.25, 0.3) is 5.91 Å². The first-order chi connectivity index (χ1) is 10.9. The standard InChI is InChI=1S/C18H26N2O3/c1-5-7-8-9-20(18(23)12(4)11(3)6-2)14-10-13-15(14)17(22)19-16(13)21/h6,13-15H,4-5,7-10H2,1-3H3,(H,19,21,22)/t13?,14?,15-/m0/s1. The van der Waals surface area contributed by atoms with Gasteiger partial charge in [-0.3, -0.25) is 19.7 Å². The minimum absolute atomic E-state index is 0.118. The van der Waals surface area contributed by atoms with Crippen LogP contribution in [0.1, 0.15) is 46.5 Å². The molecule has 2 fully saturated rings. The van der Waals surface area contributed by atoms with Crippen LogP contribution >= 0.6 is 0 Å². The van der Waals surface area contributed by atoms with Gasteiger partial charge in [0.05, 0.1) is 11.8 Å². The van der Waals surface area contributed by atoms with Gasteiger partial charge in [0.1, 0.15) is 0 Å². The van der Waals surface area contributed by atoms with Crippen LogP contribution in [0.4, 0.5) is 0 Å².